The number of likely N-dealkylation sites (N-methyl/N-ethyl adjacent to an activating group) is 1. The molecule has 0 aliphatic carbocycles. The molecule has 6 heteroatoms. The van der Waals surface area contributed by atoms with Gasteiger partial charge in [-0.1, -0.05) is 6.92 Å². The van der Waals surface area contributed by atoms with Crippen molar-refractivity contribution in [2.24, 2.45) is 0 Å². The molecule has 5 nitrogen and oxygen atoms in total. The van der Waals surface area contributed by atoms with Gasteiger partial charge in [0.25, 0.3) is 0 Å². The minimum Gasteiger partial charge on any atom is -0.383 e. The monoisotopic (exact) mass is 315 g/mol. The number of aryl methyl sites for hydroxylation is 1. The highest BCUT2D eigenvalue weighted by Crippen LogP contribution is 2.26. The van der Waals surface area contributed by atoms with Gasteiger partial charge in [-0.15, -0.1) is 11.3 Å². The lowest BCUT2D eigenvalue weighted by Crippen LogP contribution is -2.27. The number of nitrogens with one attached hydrogen (secondary N) is 1. The zero-order chi connectivity index (χ0) is 15.5. The SMILES string of the molecule is CCOCCN(CC)c1nc(CC)c(CNCCOC)s1. The van der Waals surface area contributed by atoms with Gasteiger partial charge in [0.05, 0.1) is 18.9 Å². The second-order valence-corrected chi connectivity index (χ2v) is 5.73. The molecule has 1 aromatic rings. The van der Waals surface area contributed by atoms with Crippen LogP contribution in [0, 0.1) is 0 Å². The molecular weight excluding hydrogens is 286 g/mol. The number of rotatable bonds is 12. The van der Waals surface area contributed by atoms with E-state index in [9.17, 15) is 0 Å². The molecule has 0 radical (unpaired) electrons. The van der Waals surface area contributed by atoms with Crippen LogP contribution in [0.1, 0.15) is 31.3 Å². The standard InChI is InChI=1S/C15H29N3O2S/c1-5-13-14(12-16-8-10-19-4)21-15(17-13)18(6-2)9-11-20-7-3/h16H,5-12H2,1-4H3. The quantitative estimate of drug-likeness (QED) is 0.600. The molecule has 1 rings (SSSR count). The van der Waals surface area contributed by atoms with Crippen molar-refractivity contribution < 1.29 is 9.47 Å². The maximum Gasteiger partial charge on any atom is 0.185 e. The van der Waals surface area contributed by atoms with Crippen LogP contribution in [0.2, 0.25) is 0 Å². The third-order valence-corrected chi connectivity index (χ3v) is 4.39. The lowest BCUT2D eigenvalue weighted by molar-refractivity contribution is 0.154. The largest absolute Gasteiger partial charge is 0.383 e. The van der Waals surface area contributed by atoms with E-state index in [1.165, 1.54) is 10.6 Å². The van der Waals surface area contributed by atoms with Crippen LogP contribution in [0.15, 0.2) is 0 Å². The van der Waals surface area contributed by atoms with Crippen LogP contribution in [-0.4, -0.2) is 51.5 Å². The van der Waals surface area contributed by atoms with Gasteiger partial charge < -0.3 is 19.7 Å². The average molecular weight is 315 g/mol. The Balaban J connectivity index is 2.62. The summed E-state index contributed by atoms with van der Waals surface area (Å²) in [6.07, 6.45) is 0.973. The number of hydrogen-bond acceptors (Lipinski definition) is 6. The van der Waals surface area contributed by atoms with E-state index in [1.807, 2.05) is 6.92 Å². The summed E-state index contributed by atoms with van der Waals surface area (Å²) in [4.78, 5) is 8.42. The maximum absolute atomic E-state index is 5.45. The lowest BCUT2D eigenvalue weighted by atomic mass is 10.3. The normalized spacial score (nSPS) is 11.0. The minimum absolute atomic E-state index is 0.739. The summed E-state index contributed by atoms with van der Waals surface area (Å²) < 4.78 is 10.5. The number of aromatic nitrogens is 1. The van der Waals surface area contributed by atoms with Gasteiger partial charge in [0.2, 0.25) is 0 Å². The summed E-state index contributed by atoms with van der Waals surface area (Å²) in [5.41, 5.74) is 1.20. The fourth-order valence-electron chi connectivity index (χ4n) is 2.00. The summed E-state index contributed by atoms with van der Waals surface area (Å²) in [6.45, 7) is 12.2. The third kappa shape index (κ3) is 6.30. The number of hydrogen-bond donors (Lipinski definition) is 1. The molecule has 0 amide bonds. The summed E-state index contributed by atoms with van der Waals surface area (Å²) in [7, 11) is 1.72. The molecule has 0 aliphatic rings. The topological polar surface area (TPSA) is 46.6 Å². The molecule has 1 N–H and O–H groups in total. The van der Waals surface area contributed by atoms with Gasteiger partial charge in [0.1, 0.15) is 0 Å². The molecular formula is C15H29N3O2S. The van der Waals surface area contributed by atoms with E-state index in [1.54, 1.807) is 18.4 Å². The zero-order valence-corrected chi connectivity index (χ0v) is 14.6. The molecule has 1 aromatic heterocycles. The van der Waals surface area contributed by atoms with Gasteiger partial charge in [-0.05, 0) is 20.3 Å². The van der Waals surface area contributed by atoms with Gasteiger partial charge in [-0.2, -0.15) is 0 Å². The van der Waals surface area contributed by atoms with E-state index in [2.05, 4.69) is 24.1 Å². The highest BCUT2D eigenvalue weighted by Gasteiger charge is 2.14. The molecule has 0 saturated heterocycles. The molecule has 0 atom stereocenters. The van der Waals surface area contributed by atoms with Crippen LogP contribution in [0.3, 0.4) is 0 Å². The Bertz CT molecular complexity index is 385. The van der Waals surface area contributed by atoms with Crippen LogP contribution in [0.5, 0.6) is 0 Å². The molecule has 0 aromatic carbocycles. The molecule has 1 heterocycles. The van der Waals surface area contributed by atoms with Gasteiger partial charge in [-0.25, -0.2) is 4.98 Å². The molecule has 122 valence electrons. The van der Waals surface area contributed by atoms with E-state index >= 15 is 0 Å². The van der Waals surface area contributed by atoms with Crippen molar-refractivity contribution in [1.29, 1.82) is 0 Å². The summed E-state index contributed by atoms with van der Waals surface area (Å²) >= 11 is 1.79. The molecule has 0 bridgehead atoms. The van der Waals surface area contributed by atoms with Crippen molar-refractivity contribution >= 4 is 16.5 Å². The fraction of sp³-hybridized carbons (Fsp3) is 0.800. The van der Waals surface area contributed by atoms with Crippen molar-refractivity contribution in [1.82, 2.24) is 10.3 Å². The fourth-order valence-corrected chi connectivity index (χ4v) is 3.21. The van der Waals surface area contributed by atoms with Gasteiger partial charge in [0, 0.05) is 44.8 Å². The second kappa shape index (κ2) is 11.0. The number of ether oxygens (including phenoxy) is 2. The van der Waals surface area contributed by atoms with Crippen molar-refractivity contribution in [3.05, 3.63) is 10.6 Å². The Morgan fingerprint density at radius 2 is 2.05 bits per heavy atom. The number of methoxy groups -OCH3 is 1. The first kappa shape index (κ1) is 18.4. The molecule has 0 fully saturated rings. The maximum atomic E-state index is 5.45. The smallest absolute Gasteiger partial charge is 0.185 e. The number of nitrogens with zero attached hydrogens (tertiary/aromatic N) is 2. The minimum atomic E-state index is 0.739. The van der Waals surface area contributed by atoms with Gasteiger partial charge >= 0.3 is 0 Å². The average Bonchev–Trinajstić information content (AvgIpc) is 2.91. The highest BCUT2D eigenvalue weighted by molar-refractivity contribution is 7.15. The summed E-state index contributed by atoms with van der Waals surface area (Å²) in [5.74, 6) is 0. The highest BCUT2D eigenvalue weighted by atomic mass is 32.1. The molecule has 21 heavy (non-hydrogen) atoms. The van der Waals surface area contributed by atoms with Crippen molar-refractivity contribution in [2.75, 3.05) is 51.5 Å². The van der Waals surface area contributed by atoms with Crippen molar-refractivity contribution in [3.8, 4) is 0 Å². The van der Waals surface area contributed by atoms with Crippen LogP contribution < -0.4 is 10.2 Å². The van der Waals surface area contributed by atoms with Gasteiger partial charge in [-0.3, -0.25) is 0 Å². The molecule has 0 unspecified atom stereocenters. The Kier molecular flexibility index (Phi) is 9.58. The molecule has 0 spiro atoms. The summed E-state index contributed by atoms with van der Waals surface area (Å²) in [6, 6.07) is 0. The van der Waals surface area contributed by atoms with Crippen LogP contribution >= 0.6 is 11.3 Å². The Labute approximate surface area is 132 Å². The Morgan fingerprint density at radius 1 is 1.24 bits per heavy atom. The van der Waals surface area contributed by atoms with Crippen molar-refractivity contribution in [2.45, 2.75) is 33.7 Å². The van der Waals surface area contributed by atoms with E-state index in [-0.39, 0.29) is 0 Å². The predicted octanol–water partition coefficient (Wildman–Crippen LogP) is 2.30. The van der Waals surface area contributed by atoms with E-state index in [4.69, 9.17) is 14.5 Å². The Morgan fingerprint density at radius 3 is 2.67 bits per heavy atom. The van der Waals surface area contributed by atoms with E-state index in [0.29, 0.717) is 0 Å². The number of thiazole rings is 1. The number of anilines is 1. The first-order chi connectivity index (χ1) is 10.3. The van der Waals surface area contributed by atoms with Crippen LogP contribution in [0.25, 0.3) is 0 Å². The molecule has 0 saturated carbocycles. The Hall–Kier alpha value is -0.690. The van der Waals surface area contributed by atoms with E-state index < -0.39 is 0 Å². The van der Waals surface area contributed by atoms with Crippen LogP contribution in [-0.2, 0) is 22.4 Å². The second-order valence-electron chi connectivity index (χ2n) is 4.67. The third-order valence-electron chi connectivity index (χ3n) is 3.23. The first-order valence-electron chi connectivity index (χ1n) is 7.77. The van der Waals surface area contributed by atoms with Gasteiger partial charge in [0.15, 0.2) is 5.13 Å². The first-order valence-corrected chi connectivity index (χ1v) is 8.59. The lowest BCUT2D eigenvalue weighted by Gasteiger charge is -2.19. The molecule has 0 aliphatic heterocycles. The van der Waals surface area contributed by atoms with Crippen molar-refractivity contribution in [3.63, 3.8) is 0 Å². The van der Waals surface area contributed by atoms with E-state index in [0.717, 1.165) is 57.6 Å². The zero-order valence-electron chi connectivity index (χ0n) is 13.8. The summed E-state index contributed by atoms with van der Waals surface area (Å²) in [5, 5.41) is 4.51. The predicted molar refractivity (Wildman–Crippen MR) is 89.5 cm³/mol. The van der Waals surface area contributed by atoms with Crippen LogP contribution in [0.4, 0.5) is 5.13 Å².